The molecule has 0 unspecified atom stereocenters. The number of likely N-dealkylation sites (tertiary alicyclic amines) is 1. The normalized spacial score (nSPS) is 19.0. The van der Waals surface area contributed by atoms with Crippen LogP contribution in [0.5, 0.6) is 0 Å². The van der Waals surface area contributed by atoms with Crippen LogP contribution in [-0.4, -0.2) is 46.1 Å². The topological polar surface area (TPSA) is 53.9 Å². The second-order valence-electron chi connectivity index (χ2n) is 7.52. The number of benzene rings is 1. The minimum Gasteiger partial charge on any atom is -0.444 e. The van der Waals surface area contributed by atoms with E-state index < -0.39 is 5.60 Å². The fourth-order valence-electron chi connectivity index (χ4n) is 3.18. The lowest BCUT2D eigenvalue weighted by Gasteiger charge is -2.43. The largest absolute Gasteiger partial charge is 0.444 e. The number of aliphatic imine (C=N–C) groups is 1. The van der Waals surface area contributed by atoms with Gasteiger partial charge in [-0.2, -0.15) is 0 Å². The van der Waals surface area contributed by atoms with Crippen LogP contribution in [0, 0.1) is 0 Å². The molecule has 5 nitrogen and oxygen atoms in total. The van der Waals surface area contributed by atoms with Crippen molar-refractivity contribution in [3.63, 3.8) is 0 Å². The first-order valence-electron chi connectivity index (χ1n) is 8.90. The molecule has 0 aromatic heterocycles. The first-order valence-corrected chi connectivity index (χ1v) is 9.89. The van der Waals surface area contributed by atoms with Crippen molar-refractivity contribution >= 4 is 28.6 Å². The van der Waals surface area contributed by atoms with Crippen LogP contribution in [0.15, 0.2) is 29.3 Å². The van der Waals surface area contributed by atoms with Crippen molar-refractivity contribution < 1.29 is 9.53 Å². The van der Waals surface area contributed by atoms with Gasteiger partial charge in [0, 0.05) is 37.2 Å². The lowest BCUT2D eigenvalue weighted by atomic mass is 9.94. The van der Waals surface area contributed by atoms with Gasteiger partial charge in [0.15, 0.2) is 0 Å². The van der Waals surface area contributed by atoms with Crippen molar-refractivity contribution in [2.24, 2.45) is 4.99 Å². The number of nitrogens with one attached hydrogen (secondary N) is 1. The number of para-hydroxylation sites is 1. The van der Waals surface area contributed by atoms with Gasteiger partial charge in [0.2, 0.25) is 0 Å². The Balaban J connectivity index is 1.74. The number of rotatable bonds is 1. The van der Waals surface area contributed by atoms with Crippen LogP contribution in [0.2, 0.25) is 0 Å². The second-order valence-corrected chi connectivity index (χ2v) is 8.77. The van der Waals surface area contributed by atoms with E-state index in [1.54, 1.807) is 16.7 Å². The first kappa shape index (κ1) is 18.1. The maximum absolute atomic E-state index is 12.3. The average molecular weight is 362 g/mol. The Kier molecular flexibility index (Phi) is 5.00. The van der Waals surface area contributed by atoms with Gasteiger partial charge in [0.25, 0.3) is 0 Å². The van der Waals surface area contributed by atoms with Crippen molar-refractivity contribution in [1.82, 2.24) is 4.90 Å². The van der Waals surface area contributed by atoms with E-state index in [0.29, 0.717) is 13.1 Å². The Labute approximate surface area is 154 Å². The smallest absolute Gasteiger partial charge is 0.410 e. The number of carbonyl (C=O) groups excluding carboxylic acids is 1. The van der Waals surface area contributed by atoms with Gasteiger partial charge >= 0.3 is 6.09 Å². The van der Waals surface area contributed by atoms with Gasteiger partial charge in [-0.15, -0.1) is 11.8 Å². The number of thioether (sulfide) groups is 1. The highest BCUT2D eigenvalue weighted by Gasteiger charge is 2.39. The Morgan fingerprint density at radius 2 is 2.00 bits per heavy atom. The third-order valence-electron chi connectivity index (χ3n) is 4.36. The fraction of sp³-hybridized carbons (Fsp3) is 0.579. The molecule has 1 amide bonds. The third kappa shape index (κ3) is 4.11. The van der Waals surface area contributed by atoms with E-state index in [-0.39, 0.29) is 11.8 Å². The predicted octanol–water partition coefficient (Wildman–Crippen LogP) is 4.34. The van der Waals surface area contributed by atoms with Crippen molar-refractivity contribution in [2.45, 2.75) is 51.8 Å². The van der Waals surface area contributed by atoms with Gasteiger partial charge < -0.3 is 15.0 Å². The monoisotopic (exact) mass is 361 g/mol. The maximum Gasteiger partial charge on any atom is 0.410 e. The predicted molar refractivity (Wildman–Crippen MR) is 105 cm³/mol. The summed E-state index contributed by atoms with van der Waals surface area (Å²) in [6.45, 7) is 9.14. The number of nitrogens with zero attached hydrogens (tertiary/aromatic N) is 2. The summed E-state index contributed by atoms with van der Waals surface area (Å²) in [5.41, 5.74) is 1.54. The van der Waals surface area contributed by atoms with Gasteiger partial charge in [-0.3, -0.25) is 0 Å². The number of ether oxygens (including phenoxy) is 1. The molecule has 0 saturated carbocycles. The standard InChI is InChI=1S/C19H27N3O2S/c1-5-25-16-14-8-6-7-9-15(14)20-19(21-16)10-12-22(13-11-19)17(23)24-18(2,3)4/h6-9,20H,5,10-13H2,1-4H3. The SMILES string of the molecule is CCSC1=NC2(CCN(C(=O)OC(C)(C)C)CC2)Nc2ccccc21. The number of anilines is 1. The zero-order chi connectivity index (χ0) is 18.1. The lowest BCUT2D eigenvalue weighted by molar-refractivity contribution is 0.0180. The Hall–Kier alpha value is -1.69. The molecular weight excluding hydrogens is 334 g/mol. The molecule has 2 aliphatic rings. The Morgan fingerprint density at radius 1 is 1.32 bits per heavy atom. The Morgan fingerprint density at radius 3 is 2.64 bits per heavy atom. The van der Waals surface area contributed by atoms with Crippen LogP contribution in [0.4, 0.5) is 10.5 Å². The number of amides is 1. The highest BCUT2D eigenvalue weighted by Crippen LogP contribution is 2.37. The second kappa shape index (κ2) is 6.90. The van der Waals surface area contributed by atoms with Gasteiger partial charge in [-0.25, -0.2) is 9.79 Å². The zero-order valence-corrected chi connectivity index (χ0v) is 16.3. The molecule has 25 heavy (non-hydrogen) atoms. The number of carbonyl (C=O) groups is 1. The summed E-state index contributed by atoms with van der Waals surface area (Å²) < 4.78 is 5.50. The quantitative estimate of drug-likeness (QED) is 0.808. The zero-order valence-electron chi connectivity index (χ0n) is 15.5. The molecule has 1 aromatic carbocycles. The molecule has 0 bridgehead atoms. The summed E-state index contributed by atoms with van der Waals surface area (Å²) >= 11 is 1.78. The molecule has 3 rings (SSSR count). The van der Waals surface area contributed by atoms with E-state index >= 15 is 0 Å². The van der Waals surface area contributed by atoms with Crippen LogP contribution < -0.4 is 5.32 Å². The highest BCUT2D eigenvalue weighted by molar-refractivity contribution is 8.14. The van der Waals surface area contributed by atoms with Crippen molar-refractivity contribution in [3.05, 3.63) is 29.8 Å². The van der Waals surface area contributed by atoms with Crippen molar-refractivity contribution in [1.29, 1.82) is 0 Å². The molecule has 2 aliphatic heterocycles. The molecule has 1 fully saturated rings. The van der Waals surface area contributed by atoms with E-state index in [1.165, 1.54) is 5.56 Å². The van der Waals surface area contributed by atoms with E-state index in [2.05, 4.69) is 36.5 Å². The third-order valence-corrected chi connectivity index (χ3v) is 5.24. The summed E-state index contributed by atoms with van der Waals surface area (Å²) in [6.07, 6.45) is 1.34. The molecule has 1 saturated heterocycles. The number of hydrogen-bond donors (Lipinski definition) is 1. The molecule has 2 heterocycles. The van der Waals surface area contributed by atoms with Crippen molar-refractivity contribution in [3.8, 4) is 0 Å². The number of piperidine rings is 1. The minimum atomic E-state index is -0.461. The van der Waals surface area contributed by atoms with E-state index in [1.807, 2.05) is 20.8 Å². The number of hydrogen-bond acceptors (Lipinski definition) is 5. The summed E-state index contributed by atoms with van der Waals surface area (Å²) in [5.74, 6) is 0.993. The molecule has 1 spiro atoms. The molecule has 0 aliphatic carbocycles. The van der Waals surface area contributed by atoms with Crippen LogP contribution in [-0.2, 0) is 4.74 Å². The fourth-order valence-corrected chi connectivity index (χ4v) is 4.03. The van der Waals surface area contributed by atoms with Gasteiger partial charge in [-0.1, -0.05) is 25.1 Å². The van der Waals surface area contributed by atoms with Crippen molar-refractivity contribution in [2.75, 3.05) is 24.2 Å². The van der Waals surface area contributed by atoms with Gasteiger partial charge in [-0.05, 0) is 32.6 Å². The van der Waals surface area contributed by atoms with E-state index in [0.717, 1.165) is 29.3 Å². The summed E-state index contributed by atoms with van der Waals surface area (Å²) in [6, 6.07) is 8.33. The first-order chi connectivity index (χ1) is 11.8. The summed E-state index contributed by atoms with van der Waals surface area (Å²) in [4.78, 5) is 19.1. The summed E-state index contributed by atoms with van der Waals surface area (Å²) in [7, 11) is 0. The molecule has 1 N–H and O–H groups in total. The molecular formula is C19H27N3O2S. The minimum absolute atomic E-state index is 0.231. The van der Waals surface area contributed by atoms with Gasteiger partial charge in [0.05, 0.1) is 0 Å². The molecule has 0 radical (unpaired) electrons. The van der Waals surface area contributed by atoms with Crippen LogP contribution >= 0.6 is 11.8 Å². The maximum atomic E-state index is 12.3. The van der Waals surface area contributed by atoms with E-state index in [4.69, 9.17) is 9.73 Å². The molecule has 6 heteroatoms. The van der Waals surface area contributed by atoms with Gasteiger partial charge in [0.1, 0.15) is 16.3 Å². The highest BCUT2D eigenvalue weighted by atomic mass is 32.2. The summed E-state index contributed by atoms with van der Waals surface area (Å²) in [5, 5.41) is 4.73. The van der Waals surface area contributed by atoms with Crippen LogP contribution in [0.25, 0.3) is 0 Å². The van der Waals surface area contributed by atoms with Crippen LogP contribution in [0.1, 0.15) is 46.1 Å². The van der Waals surface area contributed by atoms with E-state index in [9.17, 15) is 4.79 Å². The van der Waals surface area contributed by atoms with Crippen LogP contribution in [0.3, 0.4) is 0 Å². The molecule has 1 aromatic rings. The lowest BCUT2D eigenvalue weighted by Crippen LogP contribution is -2.52. The molecule has 0 atom stereocenters. The average Bonchev–Trinajstić information content (AvgIpc) is 2.54. The Bertz CT molecular complexity index is 673. The number of fused-ring (bicyclic) bond motifs is 1. The molecule has 136 valence electrons.